The number of hydrogen-bond donors (Lipinski definition) is 0. The Morgan fingerprint density at radius 3 is 2.74 bits per heavy atom. The van der Waals surface area contributed by atoms with Gasteiger partial charge in [0, 0.05) is 39.9 Å². The molecule has 4 nitrogen and oxygen atoms in total. The zero-order chi connectivity index (χ0) is 19.1. The van der Waals surface area contributed by atoms with E-state index in [2.05, 4.69) is 9.80 Å². The van der Waals surface area contributed by atoms with Gasteiger partial charge in [-0.05, 0) is 62.4 Å². The van der Waals surface area contributed by atoms with E-state index in [1.54, 1.807) is 19.2 Å². The van der Waals surface area contributed by atoms with E-state index >= 15 is 0 Å². The normalized spacial score (nSPS) is 22.0. The smallest absolute Gasteiger partial charge is 0.142 e. The average Bonchev–Trinajstić information content (AvgIpc) is 3.17. The van der Waals surface area contributed by atoms with Gasteiger partial charge in [-0.2, -0.15) is 0 Å². The lowest BCUT2D eigenvalue weighted by Crippen LogP contribution is -2.41. The molecule has 1 aromatic carbocycles. The van der Waals surface area contributed by atoms with Gasteiger partial charge in [-0.25, -0.2) is 4.39 Å². The Morgan fingerprint density at radius 1 is 1.26 bits per heavy atom. The Bertz CT molecular complexity index is 575. The Balaban J connectivity index is 1.55. The number of hydrogen-bond acceptors (Lipinski definition) is 4. The highest BCUT2D eigenvalue weighted by Crippen LogP contribution is 2.23. The summed E-state index contributed by atoms with van der Waals surface area (Å²) in [5.74, 6) is 0.347. The molecule has 0 N–H and O–H groups in total. The fraction of sp³-hybridized carbons (Fsp3) is 0.714. The molecule has 0 amide bonds. The van der Waals surface area contributed by atoms with E-state index in [0.717, 1.165) is 70.9 Å². The van der Waals surface area contributed by atoms with Crippen molar-refractivity contribution in [1.29, 1.82) is 0 Å². The van der Waals surface area contributed by atoms with Crippen LogP contribution < -0.4 is 0 Å². The van der Waals surface area contributed by atoms with Crippen LogP contribution in [-0.2, 0) is 16.0 Å². The quantitative estimate of drug-likeness (QED) is 0.631. The molecule has 0 spiro atoms. The van der Waals surface area contributed by atoms with Crippen molar-refractivity contribution >= 4 is 11.6 Å². The topological polar surface area (TPSA) is 24.9 Å². The Morgan fingerprint density at radius 2 is 2.07 bits per heavy atom. The van der Waals surface area contributed by atoms with Crippen LogP contribution in [0.2, 0.25) is 5.02 Å². The van der Waals surface area contributed by atoms with Gasteiger partial charge in [0.15, 0.2) is 0 Å². The third-order valence-corrected chi connectivity index (χ3v) is 6.02. The van der Waals surface area contributed by atoms with Crippen molar-refractivity contribution in [3.05, 3.63) is 34.6 Å². The molecule has 0 bridgehead atoms. The molecule has 1 atom stereocenters. The fourth-order valence-electron chi connectivity index (χ4n) is 4.15. The molecule has 3 rings (SSSR count). The van der Waals surface area contributed by atoms with E-state index in [1.165, 1.54) is 12.8 Å². The highest BCUT2D eigenvalue weighted by Gasteiger charge is 2.24. The van der Waals surface area contributed by atoms with Crippen LogP contribution in [0.1, 0.15) is 31.2 Å². The van der Waals surface area contributed by atoms with Crippen LogP contribution in [0.4, 0.5) is 4.39 Å². The Kier molecular flexibility index (Phi) is 8.34. The molecule has 0 saturated carbocycles. The fourth-order valence-corrected chi connectivity index (χ4v) is 4.27. The van der Waals surface area contributed by atoms with Gasteiger partial charge in [-0.1, -0.05) is 17.7 Å². The molecular formula is C21H32ClFN2O2. The summed E-state index contributed by atoms with van der Waals surface area (Å²) in [6.45, 7) is 7.68. The van der Waals surface area contributed by atoms with Crippen molar-refractivity contribution in [3.63, 3.8) is 0 Å². The number of nitrogens with zero attached hydrogens (tertiary/aromatic N) is 2. The van der Waals surface area contributed by atoms with E-state index in [0.29, 0.717) is 12.0 Å². The molecule has 6 heteroatoms. The maximum Gasteiger partial charge on any atom is 0.142 e. The minimum absolute atomic E-state index is 0.188. The molecule has 152 valence electrons. The zero-order valence-corrected chi connectivity index (χ0v) is 17.1. The van der Waals surface area contributed by atoms with E-state index < -0.39 is 0 Å². The second-order valence-electron chi connectivity index (χ2n) is 7.86. The van der Waals surface area contributed by atoms with Crippen LogP contribution in [0.5, 0.6) is 0 Å². The van der Waals surface area contributed by atoms with Gasteiger partial charge >= 0.3 is 0 Å². The molecule has 27 heavy (non-hydrogen) atoms. The van der Waals surface area contributed by atoms with Crippen molar-refractivity contribution in [2.75, 3.05) is 53.0 Å². The molecule has 1 unspecified atom stereocenters. The zero-order valence-electron chi connectivity index (χ0n) is 16.3. The summed E-state index contributed by atoms with van der Waals surface area (Å²) in [5, 5.41) is 0.188. The highest BCUT2D eigenvalue weighted by molar-refractivity contribution is 6.30. The lowest BCUT2D eigenvalue weighted by Gasteiger charge is -2.35. The maximum atomic E-state index is 13.8. The van der Waals surface area contributed by atoms with Crippen LogP contribution in [0.3, 0.4) is 0 Å². The molecule has 2 aliphatic heterocycles. The van der Waals surface area contributed by atoms with E-state index in [9.17, 15) is 4.39 Å². The van der Waals surface area contributed by atoms with Crippen molar-refractivity contribution in [1.82, 2.24) is 9.80 Å². The van der Waals surface area contributed by atoms with Gasteiger partial charge in [0.05, 0.1) is 17.7 Å². The number of methoxy groups -OCH3 is 1. The van der Waals surface area contributed by atoms with Crippen molar-refractivity contribution in [3.8, 4) is 0 Å². The summed E-state index contributed by atoms with van der Waals surface area (Å²) in [4.78, 5) is 4.94. The minimum Gasteiger partial charge on any atom is -0.383 e. The minimum atomic E-state index is -0.335. The van der Waals surface area contributed by atoms with Crippen LogP contribution in [0.25, 0.3) is 0 Å². The summed E-state index contributed by atoms with van der Waals surface area (Å²) >= 11 is 5.84. The van der Waals surface area contributed by atoms with Gasteiger partial charge in [0.1, 0.15) is 5.82 Å². The van der Waals surface area contributed by atoms with Crippen LogP contribution in [0.15, 0.2) is 18.2 Å². The third kappa shape index (κ3) is 6.68. The third-order valence-electron chi connectivity index (χ3n) is 5.71. The number of halogens is 2. The van der Waals surface area contributed by atoms with Gasteiger partial charge in [-0.15, -0.1) is 0 Å². The molecule has 2 fully saturated rings. The highest BCUT2D eigenvalue weighted by atomic mass is 35.5. The number of piperidine rings is 1. The van der Waals surface area contributed by atoms with E-state index in [1.807, 2.05) is 6.07 Å². The van der Waals surface area contributed by atoms with Crippen molar-refractivity contribution in [2.24, 2.45) is 5.92 Å². The molecule has 0 aliphatic carbocycles. The molecule has 1 aromatic rings. The SMILES string of the molecule is COCCN1CCC(CN(Cc2ccc(Cl)c(F)c2)CC2CCCO2)CC1. The monoisotopic (exact) mass is 398 g/mol. The number of rotatable bonds is 9. The Labute approximate surface area is 167 Å². The molecule has 2 heterocycles. The largest absolute Gasteiger partial charge is 0.383 e. The summed E-state index contributed by atoms with van der Waals surface area (Å²) in [5.41, 5.74) is 0.979. The first kappa shape index (κ1) is 21.0. The maximum absolute atomic E-state index is 13.8. The number of likely N-dealkylation sites (tertiary alicyclic amines) is 1. The summed E-state index contributed by atoms with van der Waals surface area (Å²) < 4.78 is 24.9. The number of ether oxygens (including phenoxy) is 2. The van der Waals surface area contributed by atoms with Gasteiger partial charge in [0.25, 0.3) is 0 Å². The summed E-state index contributed by atoms with van der Waals surface area (Å²) in [6, 6.07) is 5.16. The first-order valence-electron chi connectivity index (χ1n) is 10.1. The predicted molar refractivity (Wildman–Crippen MR) is 107 cm³/mol. The van der Waals surface area contributed by atoms with Crippen molar-refractivity contribution in [2.45, 2.75) is 38.3 Å². The average molecular weight is 399 g/mol. The van der Waals surface area contributed by atoms with Crippen LogP contribution >= 0.6 is 11.6 Å². The van der Waals surface area contributed by atoms with E-state index in [4.69, 9.17) is 21.1 Å². The summed E-state index contributed by atoms with van der Waals surface area (Å²) in [7, 11) is 1.76. The second-order valence-corrected chi connectivity index (χ2v) is 8.26. The van der Waals surface area contributed by atoms with Crippen molar-refractivity contribution < 1.29 is 13.9 Å². The number of benzene rings is 1. The standard InChI is InChI=1S/C21H32ClFN2O2/c1-26-12-10-24-8-6-17(7-9-24)14-25(16-19-3-2-11-27-19)15-18-4-5-20(22)21(23)13-18/h4-5,13,17,19H,2-3,6-12,14-16H2,1H3. The van der Waals surface area contributed by atoms with Gasteiger partial charge in [-0.3, -0.25) is 4.90 Å². The molecule has 2 saturated heterocycles. The van der Waals surface area contributed by atoms with Crippen LogP contribution in [0, 0.1) is 11.7 Å². The Hall–Kier alpha value is -0.720. The van der Waals surface area contributed by atoms with Crippen LogP contribution in [-0.4, -0.2) is 69.0 Å². The lowest BCUT2D eigenvalue weighted by atomic mass is 9.95. The predicted octanol–water partition coefficient (Wildman–Crippen LogP) is 3.82. The molecule has 0 radical (unpaired) electrons. The van der Waals surface area contributed by atoms with Gasteiger partial charge < -0.3 is 14.4 Å². The lowest BCUT2D eigenvalue weighted by molar-refractivity contribution is 0.0551. The molecule has 0 aromatic heterocycles. The first-order chi connectivity index (χ1) is 13.1. The second kappa shape index (κ2) is 10.7. The first-order valence-corrected chi connectivity index (χ1v) is 10.5. The van der Waals surface area contributed by atoms with Gasteiger partial charge in [0.2, 0.25) is 0 Å². The summed E-state index contributed by atoms with van der Waals surface area (Å²) in [6.07, 6.45) is 5.00. The molecular weight excluding hydrogens is 367 g/mol. The van der Waals surface area contributed by atoms with E-state index in [-0.39, 0.29) is 10.8 Å². The molecule has 2 aliphatic rings.